The van der Waals surface area contributed by atoms with Crippen molar-refractivity contribution in [2.45, 2.75) is 12.5 Å². The van der Waals surface area contributed by atoms with Crippen LogP contribution >= 0.6 is 0 Å². The zero-order valence-electron chi connectivity index (χ0n) is 7.32. The van der Waals surface area contributed by atoms with Crippen LogP contribution in [-0.2, 0) is 0 Å². The van der Waals surface area contributed by atoms with E-state index in [9.17, 15) is 0 Å². The van der Waals surface area contributed by atoms with Crippen molar-refractivity contribution in [1.29, 1.82) is 0 Å². The van der Waals surface area contributed by atoms with Crippen molar-refractivity contribution in [3.05, 3.63) is 0 Å². The van der Waals surface area contributed by atoms with E-state index in [0.717, 1.165) is 26.1 Å². The molecular weight excluding hydrogens is 156 g/mol. The van der Waals surface area contributed by atoms with Gasteiger partial charge in [0, 0.05) is 13.1 Å². The quantitative estimate of drug-likeness (QED) is 0.491. The Hall–Kier alpha value is -0.160. The maximum absolute atomic E-state index is 9.15. The van der Waals surface area contributed by atoms with Crippen LogP contribution in [0.15, 0.2) is 0 Å². The van der Waals surface area contributed by atoms with Crippen molar-refractivity contribution in [2.24, 2.45) is 11.7 Å². The molecule has 0 bridgehead atoms. The van der Waals surface area contributed by atoms with Gasteiger partial charge >= 0.3 is 0 Å². The molecule has 0 saturated carbocycles. The van der Waals surface area contributed by atoms with Gasteiger partial charge in [-0.25, -0.2) is 0 Å². The van der Waals surface area contributed by atoms with Gasteiger partial charge in [0.2, 0.25) is 0 Å². The van der Waals surface area contributed by atoms with Gasteiger partial charge in [0.25, 0.3) is 0 Å². The normalized spacial score (nSPS) is 27.8. The van der Waals surface area contributed by atoms with Gasteiger partial charge in [0.1, 0.15) is 0 Å². The average Bonchev–Trinajstić information content (AvgIpc) is 2.52. The summed E-state index contributed by atoms with van der Waals surface area (Å²) in [6, 6.07) is 0. The van der Waals surface area contributed by atoms with Gasteiger partial charge in [-0.3, -0.25) is 0 Å². The minimum Gasteiger partial charge on any atom is -0.394 e. The number of hydrogen-bond donors (Lipinski definition) is 3. The molecule has 12 heavy (non-hydrogen) atoms. The van der Waals surface area contributed by atoms with Crippen LogP contribution in [0.5, 0.6) is 0 Å². The van der Waals surface area contributed by atoms with Crippen molar-refractivity contribution < 1.29 is 10.2 Å². The molecule has 2 unspecified atom stereocenters. The van der Waals surface area contributed by atoms with Gasteiger partial charge in [-0.1, -0.05) is 0 Å². The summed E-state index contributed by atoms with van der Waals surface area (Å²) in [4.78, 5) is 2.15. The molecular formula is C8H18N2O2. The van der Waals surface area contributed by atoms with Crippen molar-refractivity contribution in [2.75, 3.05) is 32.8 Å². The molecule has 4 nitrogen and oxygen atoms in total. The summed E-state index contributed by atoms with van der Waals surface area (Å²) in [6.07, 6.45) is 0.524. The molecule has 4 N–H and O–H groups in total. The first-order chi connectivity index (χ1) is 5.76. The highest BCUT2D eigenvalue weighted by Crippen LogP contribution is 2.14. The fourth-order valence-corrected chi connectivity index (χ4v) is 1.63. The lowest BCUT2D eigenvalue weighted by Gasteiger charge is -2.18. The third kappa shape index (κ3) is 2.71. The summed E-state index contributed by atoms with van der Waals surface area (Å²) in [7, 11) is 0. The fraction of sp³-hybridized carbons (Fsp3) is 1.00. The number of β-amino-alcohol motifs (C(OH)–C–C–N with tert-alkyl or cyclic N) is 1. The summed E-state index contributed by atoms with van der Waals surface area (Å²) in [6.45, 7) is 3.12. The summed E-state index contributed by atoms with van der Waals surface area (Å²) in [5, 5.41) is 17.8. The second-order valence-corrected chi connectivity index (χ2v) is 3.49. The molecule has 0 aromatic rings. The van der Waals surface area contributed by atoms with Crippen LogP contribution in [0.1, 0.15) is 6.42 Å². The maximum atomic E-state index is 9.15. The van der Waals surface area contributed by atoms with E-state index in [1.807, 2.05) is 0 Å². The van der Waals surface area contributed by atoms with E-state index < -0.39 is 6.10 Å². The van der Waals surface area contributed by atoms with Crippen LogP contribution in [0.3, 0.4) is 0 Å². The monoisotopic (exact) mass is 174 g/mol. The van der Waals surface area contributed by atoms with E-state index in [1.165, 1.54) is 0 Å². The highest BCUT2D eigenvalue weighted by atomic mass is 16.3. The first kappa shape index (κ1) is 9.92. The Balaban J connectivity index is 2.18. The molecule has 0 aromatic carbocycles. The molecule has 1 saturated heterocycles. The molecule has 0 radical (unpaired) electrons. The minimum absolute atomic E-state index is 0.149. The van der Waals surface area contributed by atoms with Gasteiger partial charge < -0.3 is 20.8 Å². The lowest BCUT2D eigenvalue weighted by molar-refractivity contribution is 0.0652. The van der Waals surface area contributed by atoms with E-state index in [0.29, 0.717) is 12.5 Å². The molecule has 0 aromatic heterocycles. The van der Waals surface area contributed by atoms with Crippen LogP contribution in [0.2, 0.25) is 0 Å². The van der Waals surface area contributed by atoms with E-state index in [-0.39, 0.29) is 6.61 Å². The molecule has 4 heteroatoms. The molecule has 0 spiro atoms. The molecule has 72 valence electrons. The van der Waals surface area contributed by atoms with Crippen molar-refractivity contribution >= 4 is 0 Å². The molecule has 1 aliphatic rings. The van der Waals surface area contributed by atoms with Gasteiger partial charge in [-0.15, -0.1) is 0 Å². The maximum Gasteiger partial charge on any atom is 0.0897 e. The van der Waals surface area contributed by atoms with E-state index in [4.69, 9.17) is 15.9 Å². The number of nitrogens with two attached hydrogens (primary N) is 1. The molecule has 0 amide bonds. The SMILES string of the molecule is NCC1CCN(CC(O)CO)C1. The summed E-state index contributed by atoms with van der Waals surface area (Å²) in [5.74, 6) is 0.580. The Labute approximate surface area is 73.0 Å². The molecule has 0 aliphatic carbocycles. The highest BCUT2D eigenvalue weighted by molar-refractivity contribution is 4.77. The van der Waals surface area contributed by atoms with Gasteiger partial charge in [-0.2, -0.15) is 0 Å². The van der Waals surface area contributed by atoms with E-state index in [1.54, 1.807) is 0 Å². The van der Waals surface area contributed by atoms with Crippen molar-refractivity contribution in [1.82, 2.24) is 4.90 Å². The smallest absolute Gasteiger partial charge is 0.0897 e. The topological polar surface area (TPSA) is 69.7 Å². The summed E-state index contributed by atoms with van der Waals surface area (Å²) in [5.41, 5.74) is 5.52. The largest absolute Gasteiger partial charge is 0.394 e. The van der Waals surface area contributed by atoms with E-state index in [2.05, 4.69) is 4.90 Å². The predicted molar refractivity (Wildman–Crippen MR) is 46.7 cm³/mol. The Morgan fingerprint density at radius 3 is 2.83 bits per heavy atom. The second kappa shape index (κ2) is 4.77. The standard InChI is InChI=1S/C8H18N2O2/c9-3-7-1-2-10(4-7)5-8(12)6-11/h7-8,11-12H,1-6,9H2. The Morgan fingerprint density at radius 1 is 1.58 bits per heavy atom. The lowest BCUT2D eigenvalue weighted by atomic mass is 10.1. The molecule has 1 heterocycles. The van der Waals surface area contributed by atoms with Gasteiger partial charge in [-0.05, 0) is 25.4 Å². The van der Waals surface area contributed by atoms with Crippen LogP contribution in [0.4, 0.5) is 0 Å². The number of nitrogens with zero attached hydrogens (tertiary/aromatic N) is 1. The van der Waals surface area contributed by atoms with Crippen molar-refractivity contribution in [3.8, 4) is 0 Å². The van der Waals surface area contributed by atoms with Gasteiger partial charge in [0.15, 0.2) is 0 Å². The molecule has 1 aliphatic heterocycles. The summed E-state index contributed by atoms with van der Waals surface area (Å²) < 4.78 is 0. The number of hydrogen-bond acceptors (Lipinski definition) is 4. The zero-order valence-corrected chi connectivity index (χ0v) is 7.32. The first-order valence-electron chi connectivity index (χ1n) is 4.47. The number of aliphatic hydroxyl groups excluding tert-OH is 2. The Morgan fingerprint density at radius 2 is 2.33 bits per heavy atom. The van der Waals surface area contributed by atoms with E-state index >= 15 is 0 Å². The average molecular weight is 174 g/mol. The molecule has 1 rings (SSSR count). The third-order valence-electron chi connectivity index (χ3n) is 2.38. The number of aliphatic hydroxyl groups is 2. The zero-order chi connectivity index (χ0) is 8.97. The molecule has 1 fully saturated rings. The Bertz CT molecular complexity index is 132. The van der Waals surface area contributed by atoms with Crippen molar-refractivity contribution in [3.63, 3.8) is 0 Å². The predicted octanol–water partition coefficient (Wildman–Crippen LogP) is -1.38. The number of rotatable bonds is 4. The number of likely N-dealkylation sites (tertiary alicyclic amines) is 1. The van der Waals surface area contributed by atoms with Gasteiger partial charge in [0.05, 0.1) is 12.7 Å². The lowest BCUT2D eigenvalue weighted by Crippen LogP contribution is -2.33. The van der Waals surface area contributed by atoms with Crippen LogP contribution in [0.25, 0.3) is 0 Å². The van der Waals surface area contributed by atoms with Crippen LogP contribution in [-0.4, -0.2) is 54.0 Å². The molecule has 2 atom stereocenters. The van der Waals surface area contributed by atoms with Crippen LogP contribution in [0, 0.1) is 5.92 Å². The minimum atomic E-state index is -0.596. The van der Waals surface area contributed by atoms with Crippen LogP contribution < -0.4 is 5.73 Å². The first-order valence-corrected chi connectivity index (χ1v) is 4.47. The second-order valence-electron chi connectivity index (χ2n) is 3.49. The summed E-state index contributed by atoms with van der Waals surface area (Å²) >= 11 is 0. The fourth-order valence-electron chi connectivity index (χ4n) is 1.63. The highest BCUT2D eigenvalue weighted by Gasteiger charge is 2.22. The third-order valence-corrected chi connectivity index (χ3v) is 2.38. The Kier molecular flexibility index (Phi) is 3.94.